The zero-order chi connectivity index (χ0) is 25.5. The molecule has 1 N–H and O–H groups in total. The molecule has 0 saturated heterocycles. The Morgan fingerprint density at radius 1 is 1.31 bits per heavy atom. The molecule has 0 saturated carbocycles. The number of carbonyl (C=O) groups is 1. The van der Waals surface area contributed by atoms with E-state index in [9.17, 15) is 14.4 Å². The molecule has 1 aromatic heterocycles. The first-order valence-corrected chi connectivity index (χ1v) is 11.1. The van der Waals surface area contributed by atoms with Gasteiger partial charge in [0.25, 0.3) is 5.91 Å². The number of benzene rings is 2. The molecule has 1 unspecified atom stereocenters. The van der Waals surface area contributed by atoms with E-state index >= 15 is 0 Å². The van der Waals surface area contributed by atoms with Crippen LogP contribution >= 0.6 is 0 Å². The molecule has 2 heterocycles. The fourth-order valence-corrected chi connectivity index (χ4v) is 3.54. The summed E-state index contributed by atoms with van der Waals surface area (Å²) in [5, 5.41) is 35.6. The number of amides is 1. The minimum atomic E-state index is -1.10. The van der Waals surface area contributed by atoms with E-state index < -0.39 is 17.8 Å². The van der Waals surface area contributed by atoms with Crippen LogP contribution in [0.1, 0.15) is 47.6 Å². The van der Waals surface area contributed by atoms with Crippen molar-refractivity contribution in [2.24, 2.45) is 15.3 Å². The summed E-state index contributed by atoms with van der Waals surface area (Å²) in [4.78, 5) is 13.1. The highest BCUT2D eigenvalue weighted by atomic mass is 19.1. The van der Waals surface area contributed by atoms with Crippen LogP contribution in [0.5, 0.6) is 11.5 Å². The molecule has 184 valence electrons. The van der Waals surface area contributed by atoms with Gasteiger partial charge in [0, 0.05) is 18.2 Å². The maximum atomic E-state index is 14.8. The maximum Gasteiger partial charge on any atom is 0.276 e. The monoisotopic (exact) mass is 491 g/mol. The number of azo groups is 1. The van der Waals surface area contributed by atoms with Gasteiger partial charge in [-0.25, -0.2) is 9.40 Å². The number of tetrazole rings is 1. The molecule has 13 heteroatoms. The number of hydrazone groups is 1. The number of aromatic nitrogens is 4. The fourth-order valence-electron chi connectivity index (χ4n) is 3.54. The van der Waals surface area contributed by atoms with Gasteiger partial charge >= 0.3 is 0 Å². The van der Waals surface area contributed by atoms with E-state index in [1.165, 1.54) is 17.1 Å². The third-order valence-electron chi connectivity index (χ3n) is 5.26. The van der Waals surface area contributed by atoms with Crippen molar-refractivity contribution >= 4 is 17.3 Å². The summed E-state index contributed by atoms with van der Waals surface area (Å²) in [6.07, 6.45) is 1.32. The number of hydrogen-bond donors (Lipinski definition) is 1. The maximum absolute atomic E-state index is 14.8. The molecule has 36 heavy (non-hydrogen) atoms. The van der Waals surface area contributed by atoms with Crippen LogP contribution in [0.4, 0.5) is 10.1 Å². The van der Waals surface area contributed by atoms with Gasteiger partial charge in [0.05, 0.1) is 36.7 Å². The lowest BCUT2D eigenvalue weighted by molar-refractivity contribution is 0.0747. The summed E-state index contributed by atoms with van der Waals surface area (Å²) in [6, 6.07) is 10.0. The average molecular weight is 491 g/mol. The van der Waals surface area contributed by atoms with Crippen LogP contribution in [-0.2, 0) is 0 Å². The molecule has 0 aliphatic carbocycles. The Bertz CT molecular complexity index is 1340. The van der Waals surface area contributed by atoms with Gasteiger partial charge in [-0.2, -0.15) is 25.8 Å². The van der Waals surface area contributed by atoms with Gasteiger partial charge in [0.1, 0.15) is 5.82 Å². The predicted molar refractivity (Wildman–Crippen MR) is 124 cm³/mol. The van der Waals surface area contributed by atoms with E-state index in [1.54, 1.807) is 13.2 Å². The zero-order valence-electron chi connectivity index (χ0n) is 19.6. The lowest BCUT2D eigenvalue weighted by Gasteiger charge is -2.24. The molecule has 0 spiro atoms. The lowest BCUT2D eigenvalue weighted by atomic mass is 10.0. The Balaban J connectivity index is 1.53. The molecule has 1 aliphatic rings. The van der Waals surface area contributed by atoms with E-state index in [4.69, 9.17) is 9.47 Å². The number of rotatable bonds is 8. The lowest BCUT2D eigenvalue weighted by Crippen LogP contribution is -2.32. The number of nitriles is 1. The number of carbonyl (C=O) groups excluding carboxylic acids is 1. The van der Waals surface area contributed by atoms with E-state index in [-0.39, 0.29) is 17.1 Å². The van der Waals surface area contributed by atoms with Crippen molar-refractivity contribution in [3.05, 3.63) is 59.2 Å². The van der Waals surface area contributed by atoms with Gasteiger partial charge in [-0.1, -0.05) is 5.21 Å². The van der Waals surface area contributed by atoms with E-state index in [0.29, 0.717) is 43.2 Å². The summed E-state index contributed by atoms with van der Waals surface area (Å²) >= 11 is 0. The number of halogens is 1. The van der Waals surface area contributed by atoms with Crippen molar-refractivity contribution in [3.8, 4) is 17.6 Å². The second kappa shape index (κ2) is 11.1. The smallest absolute Gasteiger partial charge is 0.276 e. The molecule has 3 aromatic rings. The van der Waals surface area contributed by atoms with Crippen LogP contribution < -0.4 is 9.47 Å². The third kappa shape index (κ3) is 5.33. The Labute approximate surface area is 205 Å². The molecule has 0 radical (unpaired) electrons. The van der Waals surface area contributed by atoms with Crippen LogP contribution in [0.15, 0.2) is 51.7 Å². The Kier molecular flexibility index (Phi) is 7.54. The quantitative estimate of drug-likeness (QED) is 0.471. The first-order chi connectivity index (χ1) is 17.5. The van der Waals surface area contributed by atoms with Gasteiger partial charge in [-0.3, -0.25) is 4.79 Å². The number of methoxy groups -OCH3 is 1. The number of aromatic amines is 1. The predicted octanol–water partition coefficient (Wildman–Crippen LogP) is 3.73. The zero-order valence-corrected chi connectivity index (χ0v) is 19.6. The van der Waals surface area contributed by atoms with Gasteiger partial charge in [0.15, 0.2) is 11.5 Å². The molecule has 0 bridgehead atoms. The standard InChI is InChI=1S/C23H22FN9O3/c1-3-36-21-11-14(6-9-20(21)35-2)18-5-4-10-33(30-18)23(34)16-8-7-15(12-17(16)24)26-27-19(13-25)22-28-31-32-29-22/h6-9,11-12,19H,3-5,10H2,1-2H3,(H,28,29,31,32). The number of hydrogen-bond acceptors (Lipinski definition) is 10. The molecular weight excluding hydrogens is 469 g/mol. The Morgan fingerprint density at radius 3 is 2.86 bits per heavy atom. The minimum absolute atomic E-state index is 0.0394. The van der Waals surface area contributed by atoms with Crippen LogP contribution in [0.25, 0.3) is 0 Å². The van der Waals surface area contributed by atoms with Gasteiger partial charge < -0.3 is 9.47 Å². The number of H-pyrrole nitrogens is 1. The van der Waals surface area contributed by atoms with E-state index in [2.05, 4.69) is 36.0 Å². The molecule has 0 fully saturated rings. The highest BCUT2D eigenvalue weighted by Crippen LogP contribution is 2.30. The second-order valence-corrected chi connectivity index (χ2v) is 7.56. The third-order valence-corrected chi connectivity index (χ3v) is 5.26. The number of nitrogens with one attached hydrogen (secondary N) is 1. The van der Waals surface area contributed by atoms with Gasteiger partial charge in [0.2, 0.25) is 11.9 Å². The fraction of sp³-hybridized carbons (Fsp3) is 0.304. The molecule has 1 amide bonds. The molecule has 1 atom stereocenters. The molecule has 2 aromatic carbocycles. The number of ether oxygens (including phenoxy) is 2. The van der Waals surface area contributed by atoms with Crippen molar-refractivity contribution < 1.29 is 18.7 Å². The minimum Gasteiger partial charge on any atom is -0.493 e. The van der Waals surface area contributed by atoms with E-state index in [0.717, 1.165) is 11.6 Å². The van der Waals surface area contributed by atoms with Crippen molar-refractivity contribution in [3.63, 3.8) is 0 Å². The van der Waals surface area contributed by atoms with Crippen LogP contribution in [0.3, 0.4) is 0 Å². The highest BCUT2D eigenvalue weighted by molar-refractivity contribution is 6.03. The summed E-state index contributed by atoms with van der Waals surface area (Å²) in [5.41, 5.74) is 1.45. The van der Waals surface area contributed by atoms with Gasteiger partial charge in [-0.15, -0.1) is 10.2 Å². The van der Waals surface area contributed by atoms with Crippen molar-refractivity contribution in [1.82, 2.24) is 25.6 Å². The molecular formula is C23H22FN9O3. The Morgan fingerprint density at radius 2 is 2.17 bits per heavy atom. The van der Waals surface area contributed by atoms with Crippen molar-refractivity contribution in [2.75, 3.05) is 20.3 Å². The molecule has 1 aliphatic heterocycles. The first kappa shape index (κ1) is 24.4. The summed E-state index contributed by atoms with van der Waals surface area (Å²) < 4.78 is 25.8. The molecule has 12 nitrogen and oxygen atoms in total. The SMILES string of the molecule is CCOc1cc(C2=NN(C(=O)c3ccc(N=NC(C#N)c4nn[nH]n4)cc3F)CCC2)ccc1OC. The van der Waals surface area contributed by atoms with Crippen LogP contribution in [0.2, 0.25) is 0 Å². The average Bonchev–Trinajstić information content (AvgIpc) is 3.44. The summed E-state index contributed by atoms with van der Waals surface area (Å²) in [6.45, 7) is 2.70. The highest BCUT2D eigenvalue weighted by Gasteiger charge is 2.24. The summed E-state index contributed by atoms with van der Waals surface area (Å²) in [5.74, 6) is -0.138. The largest absolute Gasteiger partial charge is 0.493 e. The second-order valence-electron chi connectivity index (χ2n) is 7.56. The number of nitrogens with zero attached hydrogens (tertiary/aromatic N) is 8. The summed E-state index contributed by atoms with van der Waals surface area (Å²) in [7, 11) is 1.56. The first-order valence-electron chi connectivity index (χ1n) is 11.1. The van der Waals surface area contributed by atoms with Crippen molar-refractivity contribution in [2.45, 2.75) is 25.8 Å². The normalized spacial score (nSPS) is 14.3. The van der Waals surface area contributed by atoms with Gasteiger partial charge in [-0.05, 0) is 50.1 Å². The Hall–Kier alpha value is -4.73. The topological polar surface area (TPSA) is 154 Å². The van der Waals surface area contributed by atoms with E-state index in [1.807, 2.05) is 25.1 Å². The van der Waals surface area contributed by atoms with Crippen LogP contribution in [-0.4, -0.2) is 57.5 Å². The molecule has 4 rings (SSSR count). The van der Waals surface area contributed by atoms with Crippen molar-refractivity contribution in [1.29, 1.82) is 5.26 Å². The van der Waals surface area contributed by atoms with Crippen LogP contribution in [0, 0.1) is 17.1 Å².